The van der Waals surface area contributed by atoms with E-state index in [1.54, 1.807) is 45.3 Å². The number of ether oxygens (including phenoxy) is 1. The second kappa shape index (κ2) is 15.4. The fourth-order valence-corrected chi connectivity index (χ4v) is 4.85. The topological polar surface area (TPSA) is 214 Å². The lowest BCUT2D eigenvalue weighted by molar-refractivity contribution is -0.144. The Bertz CT molecular complexity index is 1170. The summed E-state index contributed by atoms with van der Waals surface area (Å²) in [6.45, 7) is 4.70. The average Bonchev–Trinajstić information content (AvgIpc) is 3.46. The van der Waals surface area contributed by atoms with Gasteiger partial charge in [0, 0.05) is 38.4 Å². The van der Waals surface area contributed by atoms with Crippen LogP contribution in [0.3, 0.4) is 0 Å². The van der Waals surface area contributed by atoms with Crippen LogP contribution < -0.4 is 32.3 Å². The van der Waals surface area contributed by atoms with Crippen molar-refractivity contribution in [2.45, 2.75) is 64.2 Å². The van der Waals surface area contributed by atoms with Crippen molar-refractivity contribution in [2.24, 2.45) is 11.1 Å². The zero-order chi connectivity index (χ0) is 31.6. The zero-order valence-corrected chi connectivity index (χ0v) is 24.8. The van der Waals surface area contributed by atoms with Gasteiger partial charge in [0.15, 0.2) is 0 Å². The van der Waals surface area contributed by atoms with Crippen molar-refractivity contribution in [1.82, 2.24) is 36.5 Å². The standard InChI is InChI=1S/C28H42N8O7/c1-28(2,3)23-27(42)36-11-4-5-20(36)26(41)32-15-21(37)33-18(13-17-6-8-30-9-7-17)25(40)34-19(14-29)24(39)31-10-12-43-16-22(38)35-23/h6-9,18-20,23H,4-5,10-16,29H2,1-3H3,(H,31,39)(H,32,41)(H,33,37)(H,34,40)(H,35,38)/t18-,19-,20+,23-/m1/s1. The minimum atomic E-state index is -1.10. The quantitative estimate of drug-likeness (QED) is 0.213. The minimum absolute atomic E-state index is 0.0202. The molecule has 43 heavy (non-hydrogen) atoms. The highest BCUT2D eigenvalue weighted by Crippen LogP contribution is 2.26. The monoisotopic (exact) mass is 602 g/mol. The molecule has 236 valence electrons. The molecular weight excluding hydrogens is 560 g/mol. The van der Waals surface area contributed by atoms with E-state index in [-0.39, 0.29) is 32.7 Å². The van der Waals surface area contributed by atoms with E-state index in [2.05, 4.69) is 31.6 Å². The Labute approximate surface area is 250 Å². The molecule has 2 aliphatic heterocycles. The summed E-state index contributed by atoms with van der Waals surface area (Å²) < 4.78 is 5.39. The van der Waals surface area contributed by atoms with Crippen LogP contribution in [0.15, 0.2) is 24.5 Å². The number of nitrogens with one attached hydrogen (secondary N) is 5. The molecule has 3 heterocycles. The normalized spacial score (nSPS) is 25.8. The number of rotatable bonds is 3. The fraction of sp³-hybridized carbons (Fsp3) is 0.607. The molecule has 0 bridgehead atoms. The highest BCUT2D eigenvalue weighted by Gasteiger charge is 2.42. The van der Waals surface area contributed by atoms with Crippen LogP contribution in [0.2, 0.25) is 0 Å². The van der Waals surface area contributed by atoms with E-state index in [0.717, 1.165) is 0 Å². The summed E-state index contributed by atoms with van der Waals surface area (Å²) in [7, 11) is 0. The molecule has 0 aliphatic carbocycles. The fourth-order valence-electron chi connectivity index (χ4n) is 4.85. The number of pyridine rings is 1. The van der Waals surface area contributed by atoms with Gasteiger partial charge in [0.1, 0.15) is 30.8 Å². The molecule has 1 aromatic heterocycles. The first-order valence-corrected chi connectivity index (χ1v) is 14.3. The summed E-state index contributed by atoms with van der Waals surface area (Å²) in [5.74, 6) is -3.34. The molecule has 15 heteroatoms. The smallest absolute Gasteiger partial charge is 0.246 e. The third kappa shape index (κ3) is 9.71. The molecular formula is C28H42N8O7. The van der Waals surface area contributed by atoms with Crippen molar-refractivity contribution >= 4 is 35.4 Å². The van der Waals surface area contributed by atoms with E-state index in [0.29, 0.717) is 24.9 Å². The van der Waals surface area contributed by atoms with E-state index >= 15 is 0 Å². The van der Waals surface area contributed by atoms with E-state index in [4.69, 9.17) is 10.5 Å². The predicted molar refractivity (Wildman–Crippen MR) is 154 cm³/mol. The number of hydrogen-bond acceptors (Lipinski definition) is 9. The lowest BCUT2D eigenvalue weighted by Crippen LogP contribution is -2.59. The number of carbonyl (C=O) groups excluding carboxylic acids is 6. The Hall–Kier alpha value is -4.11. The van der Waals surface area contributed by atoms with Gasteiger partial charge in [0.25, 0.3) is 0 Å². The summed E-state index contributed by atoms with van der Waals surface area (Å²) in [6.07, 6.45) is 4.14. The third-order valence-electron chi connectivity index (χ3n) is 7.17. The van der Waals surface area contributed by atoms with Crippen LogP contribution >= 0.6 is 0 Å². The van der Waals surface area contributed by atoms with E-state index in [1.807, 2.05) is 0 Å². The number of hydrogen-bond donors (Lipinski definition) is 6. The molecule has 4 atom stereocenters. The summed E-state index contributed by atoms with van der Waals surface area (Å²) >= 11 is 0. The first-order chi connectivity index (χ1) is 20.4. The average molecular weight is 603 g/mol. The number of aromatic nitrogens is 1. The van der Waals surface area contributed by atoms with Gasteiger partial charge in [-0.05, 0) is 36.0 Å². The van der Waals surface area contributed by atoms with Crippen LogP contribution in [0, 0.1) is 5.41 Å². The van der Waals surface area contributed by atoms with Gasteiger partial charge < -0.3 is 42.0 Å². The van der Waals surface area contributed by atoms with E-state index < -0.39 is 71.6 Å². The second-order valence-electron chi connectivity index (χ2n) is 11.6. The molecule has 0 spiro atoms. The molecule has 15 nitrogen and oxygen atoms in total. The molecule has 6 amide bonds. The molecule has 7 N–H and O–H groups in total. The van der Waals surface area contributed by atoms with Crippen LogP contribution in [0.4, 0.5) is 0 Å². The third-order valence-corrected chi connectivity index (χ3v) is 7.17. The van der Waals surface area contributed by atoms with Crippen LogP contribution in [-0.2, 0) is 39.9 Å². The number of nitrogens with zero attached hydrogens (tertiary/aromatic N) is 2. The molecule has 1 aromatic rings. The Balaban J connectivity index is 1.83. The summed E-state index contributed by atoms with van der Waals surface area (Å²) in [5, 5.41) is 13.1. The van der Waals surface area contributed by atoms with E-state index in [9.17, 15) is 28.8 Å². The van der Waals surface area contributed by atoms with Crippen LogP contribution in [0.5, 0.6) is 0 Å². The maximum absolute atomic E-state index is 13.6. The SMILES string of the molecule is CC(C)(C)[C@@H]1NC(=O)COCCNC(=O)[C@@H](CN)NC(=O)[C@@H](Cc2ccncc2)NC(=O)CNC(=O)[C@@H]2CCCN2C1=O. The maximum Gasteiger partial charge on any atom is 0.246 e. The molecule has 2 fully saturated rings. The Morgan fingerprint density at radius 2 is 1.65 bits per heavy atom. The Morgan fingerprint density at radius 1 is 0.930 bits per heavy atom. The Kier molecular flexibility index (Phi) is 11.9. The largest absolute Gasteiger partial charge is 0.370 e. The van der Waals surface area contributed by atoms with Crippen molar-refractivity contribution in [2.75, 3.05) is 39.4 Å². The number of carbonyl (C=O) groups is 6. The zero-order valence-electron chi connectivity index (χ0n) is 24.8. The first-order valence-electron chi connectivity index (χ1n) is 14.3. The van der Waals surface area contributed by atoms with Gasteiger partial charge in [-0.15, -0.1) is 0 Å². The van der Waals surface area contributed by atoms with Gasteiger partial charge in [0.2, 0.25) is 35.4 Å². The van der Waals surface area contributed by atoms with Crippen LogP contribution in [-0.4, -0.2) is 109 Å². The van der Waals surface area contributed by atoms with Gasteiger partial charge >= 0.3 is 0 Å². The lowest BCUT2D eigenvalue weighted by Gasteiger charge is -2.35. The summed E-state index contributed by atoms with van der Waals surface area (Å²) in [5.41, 5.74) is 5.77. The highest BCUT2D eigenvalue weighted by molar-refractivity contribution is 5.96. The minimum Gasteiger partial charge on any atom is -0.370 e. The van der Waals surface area contributed by atoms with Gasteiger partial charge in [-0.1, -0.05) is 20.8 Å². The highest BCUT2D eigenvalue weighted by atomic mass is 16.5. The maximum atomic E-state index is 13.6. The molecule has 0 radical (unpaired) electrons. The molecule has 2 saturated heterocycles. The van der Waals surface area contributed by atoms with Crippen molar-refractivity contribution < 1.29 is 33.5 Å². The van der Waals surface area contributed by atoms with Crippen molar-refractivity contribution in [3.8, 4) is 0 Å². The molecule has 3 rings (SSSR count). The van der Waals surface area contributed by atoms with Gasteiger partial charge in [-0.3, -0.25) is 33.8 Å². The lowest BCUT2D eigenvalue weighted by atomic mass is 9.85. The summed E-state index contributed by atoms with van der Waals surface area (Å²) in [6, 6.07) is -0.599. The summed E-state index contributed by atoms with van der Waals surface area (Å²) in [4.78, 5) is 83.6. The van der Waals surface area contributed by atoms with Crippen molar-refractivity contribution in [3.63, 3.8) is 0 Å². The number of nitrogens with two attached hydrogens (primary N) is 1. The second-order valence-corrected chi connectivity index (χ2v) is 11.6. The Morgan fingerprint density at radius 3 is 2.33 bits per heavy atom. The van der Waals surface area contributed by atoms with E-state index in [1.165, 1.54) is 4.90 Å². The number of fused-ring (bicyclic) bond motifs is 1. The number of amides is 6. The van der Waals surface area contributed by atoms with Crippen LogP contribution in [0.25, 0.3) is 0 Å². The molecule has 0 unspecified atom stereocenters. The first kappa shape index (κ1) is 33.4. The molecule has 2 aliphatic rings. The molecule has 0 saturated carbocycles. The van der Waals surface area contributed by atoms with Gasteiger partial charge in [-0.25, -0.2) is 0 Å². The van der Waals surface area contributed by atoms with Crippen LogP contribution in [0.1, 0.15) is 39.2 Å². The predicted octanol–water partition coefficient (Wildman–Crippen LogP) is -2.66. The van der Waals surface area contributed by atoms with Crippen molar-refractivity contribution in [1.29, 1.82) is 0 Å². The van der Waals surface area contributed by atoms with Gasteiger partial charge in [0.05, 0.1) is 13.2 Å². The van der Waals surface area contributed by atoms with Crippen molar-refractivity contribution in [3.05, 3.63) is 30.1 Å². The van der Waals surface area contributed by atoms with Gasteiger partial charge in [-0.2, -0.15) is 0 Å². The molecule has 0 aromatic carbocycles.